The number of halogens is 3. The molecule has 0 atom stereocenters. The molecule has 2 aromatic heterocycles. The number of aromatic nitrogens is 3. The molecular formula is C18H14Cl3N5. The van der Waals surface area contributed by atoms with Crippen LogP contribution in [0.15, 0.2) is 42.9 Å². The largest absolute Gasteiger partial charge is 0.349 e. The highest BCUT2D eigenvalue weighted by Crippen LogP contribution is 2.31. The van der Waals surface area contributed by atoms with E-state index in [0.29, 0.717) is 21.6 Å². The van der Waals surface area contributed by atoms with E-state index in [4.69, 9.17) is 34.8 Å². The van der Waals surface area contributed by atoms with E-state index in [1.807, 2.05) is 18.2 Å². The summed E-state index contributed by atoms with van der Waals surface area (Å²) < 4.78 is 0. The average Bonchev–Trinajstić information content (AvgIpc) is 2.65. The Morgan fingerprint density at radius 1 is 0.962 bits per heavy atom. The molecule has 0 bridgehead atoms. The lowest BCUT2D eigenvalue weighted by molar-refractivity contribution is 0.697. The van der Waals surface area contributed by atoms with Crippen LogP contribution in [0.1, 0.15) is 11.3 Å². The number of hydrogen-bond donors (Lipinski definition) is 1. The first-order chi connectivity index (χ1) is 12.6. The van der Waals surface area contributed by atoms with Gasteiger partial charge in [-0.1, -0.05) is 34.8 Å². The molecule has 3 aromatic rings. The van der Waals surface area contributed by atoms with Crippen molar-refractivity contribution in [3.63, 3.8) is 0 Å². The second kappa shape index (κ2) is 7.27. The highest BCUT2D eigenvalue weighted by molar-refractivity contribution is 6.42. The first-order valence-corrected chi connectivity index (χ1v) is 9.15. The van der Waals surface area contributed by atoms with Crippen molar-refractivity contribution in [3.8, 4) is 0 Å². The number of pyridine rings is 1. The summed E-state index contributed by atoms with van der Waals surface area (Å²) in [6, 6.07) is 9.07. The molecular weight excluding hydrogens is 393 g/mol. The van der Waals surface area contributed by atoms with Crippen LogP contribution in [0.25, 0.3) is 0 Å². The molecule has 132 valence electrons. The average molecular weight is 407 g/mol. The fourth-order valence-corrected chi connectivity index (χ4v) is 3.50. The van der Waals surface area contributed by atoms with Gasteiger partial charge in [0.1, 0.15) is 18.0 Å². The van der Waals surface area contributed by atoms with E-state index in [0.717, 1.165) is 41.5 Å². The van der Waals surface area contributed by atoms with Crippen molar-refractivity contribution >= 4 is 52.1 Å². The molecule has 26 heavy (non-hydrogen) atoms. The Morgan fingerprint density at radius 3 is 2.65 bits per heavy atom. The van der Waals surface area contributed by atoms with E-state index in [-0.39, 0.29) is 0 Å². The minimum atomic E-state index is 0.496. The molecule has 0 amide bonds. The van der Waals surface area contributed by atoms with Crippen molar-refractivity contribution in [2.24, 2.45) is 0 Å². The number of nitrogens with one attached hydrogen (secondary N) is 1. The van der Waals surface area contributed by atoms with Crippen LogP contribution in [0.5, 0.6) is 0 Å². The van der Waals surface area contributed by atoms with Crippen LogP contribution in [0, 0.1) is 0 Å². The SMILES string of the molecule is Clc1ccc(Nc2ncnc3c2CCN(c2ncccc2Cl)C3)cc1Cl. The number of anilines is 3. The number of rotatable bonds is 3. The van der Waals surface area contributed by atoms with E-state index < -0.39 is 0 Å². The molecule has 1 aliphatic heterocycles. The molecule has 0 aliphatic carbocycles. The molecule has 1 N–H and O–H groups in total. The topological polar surface area (TPSA) is 53.9 Å². The highest BCUT2D eigenvalue weighted by atomic mass is 35.5. The van der Waals surface area contributed by atoms with Crippen molar-refractivity contribution in [1.29, 1.82) is 0 Å². The van der Waals surface area contributed by atoms with Crippen molar-refractivity contribution in [3.05, 3.63) is 69.2 Å². The molecule has 3 heterocycles. The van der Waals surface area contributed by atoms with E-state index in [9.17, 15) is 0 Å². The van der Waals surface area contributed by atoms with Gasteiger partial charge in [-0.25, -0.2) is 15.0 Å². The molecule has 5 nitrogen and oxygen atoms in total. The number of benzene rings is 1. The van der Waals surface area contributed by atoms with Gasteiger partial charge in [-0.05, 0) is 36.8 Å². The maximum absolute atomic E-state index is 6.28. The van der Waals surface area contributed by atoms with Gasteiger partial charge in [0, 0.05) is 24.0 Å². The zero-order valence-corrected chi connectivity index (χ0v) is 15.9. The third kappa shape index (κ3) is 3.43. The molecule has 4 rings (SSSR count). The van der Waals surface area contributed by atoms with E-state index >= 15 is 0 Å². The van der Waals surface area contributed by atoms with Crippen LogP contribution in [-0.2, 0) is 13.0 Å². The lowest BCUT2D eigenvalue weighted by Crippen LogP contribution is -2.32. The van der Waals surface area contributed by atoms with Crippen LogP contribution in [0.2, 0.25) is 15.1 Å². The summed E-state index contributed by atoms with van der Waals surface area (Å²) in [5, 5.41) is 4.96. The van der Waals surface area contributed by atoms with Gasteiger partial charge in [0.25, 0.3) is 0 Å². The molecule has 0 saturated carbocycles. The molecule has 0 unspecified atom stereocenters. The molecule has 0 radical (unpaired) electrons. The van der Waals surface area contributed by atoms with Crippen LogP contribution in [0.3, 0.4) is 0 Å². The predicted molar refractivity (Wildman–Crippen MR) is 106 cm³/mol. The van der Waals surface area contributed by atoms with Crippen molar-refractivity contribution < 1.29 is 0 Å². The minimum absolute atomic E-state index is 0.496. The van der Waals surface area contributed by atoms with Crippen LogP contribution in [0.4, 0.5) is 17.3 Å². The van der Waals surface area contributed by atoms with Gasteiger partial charge in [-0.2, -0.15) is 0 Å². The summed E-state index contributed by atoms with van der Waals surface area (Å²) in [5.74, 6) is 1.55. The number of hydrogen-bond acceptors (Lipinski definition) is 5. The summed E-state index contributed by atoms with van der Waals surface area (Å²) in [7, 11) is 0. The van der Waals surface area contributed by atoms with Crippen molar-refractivity contribution in [2.45, 2.75) is 13.0 Å². The molecule has 1 aromatic carbocycles. The smallest absolute Gasteiger partial charge is 0.147 e. The molecule has 0 spiro atoms. The third-order valence-electron chi connectivity index (χ3n) is 4.23. The van der Waals surface area contributed by atoms with Gasteiger partial charge in [-0.3, -0.25) is 0 Å². The number of fused-ring (bicyclic) bond motifs is 1. The lowest BCUT2D eigenvalue weighted by Gasteiger charge is -2.30. The van der Waals surface area contributed by atoms with E-state index in [1.54, 1.807) is 24.7 Å². The maximum atomic E-state index is 6.28. The Bertz CT molecular complexity index is 963. The van der Waals surface area contributed by atoms with Gasteiger partial charge in [0.05, 0.1) is 27.3 Å². The zero-order chi connectivity index (χ0) is 18.1. The number of nitrogens with zero attached hydrogens (tertiary/aromatic N) is 4. The second-order valence-corrected chi connectivity index (χ2v) is 7.10. The fourth-order valence-electron chi connectivity index (χ4n) is 2.96. The van der Waals surface area contributed by atoms with Gasteiger partial charge in [0.2, 0.25) is 0 Å². The van der Waals surface area contributed by atoms with Crippen molar-refractivity contribution in [1.82, 2.24) is 15.0 Å². The van der Waals surface area contributed by atoms with Gasteiger partial charge >= 0.3 is 0 Å². The summed E-state index contributed by atoms with van der Waals surface area (Å²) >= 11 is 18.4. The quantitative estimate of drug-likeness (QED) is 0.653. The standard InChI is InChI=1S/C18H14Cl3N5/c19-13-4-3-11(8-15(13)21)25-17-12-5-7-26(9-16(12)23-10-24-17)18-14(20)2-1-6-22-18/h1-4,6,8,10H,5,7,9H2,(H,23,24,25). The monoisotopic (exact) mass is 405 g/mol. The Balaban J connectivity index is 1.61. The molecule has 8 heteroatoms. The van der Waals surface area contributed by atoms with Crippen LogP contribution >= 0.6 is 34.8 Å². The molecule has 0 fully saturated rings. The first kappa shape index (κ1) is 17.3. The first-order valence-electron chi connectivity index (χ1n) is 8.02. The Morgan fingerprint density at radius 2 is 1.85 bits per heavy atom. The van der Waals surface area contributed by atoms with E-state index in [1.165, 1.54) is 0 Å². The summed E-state index contributed by atoms with van der Waals surface area (Å²) in [4.78, 5) is 15.4. The maximum Gasteiger partial charge on any atom is 0.147 e. The Kier molecular flexibility index (Phi) is 4.85. The Hall–Kier alpha value is -2.08. The van der Waals surface area contributed by atoms with Crippen LogP contribution < -0.4 is 10.2 Å². The lowest BCUT2D eigenvalue weighted by atomic mass is 10.1. The molecule has 1 aliphatic rings. The summed E-state index contributed by atoms with van der Waals surface area (Å²) in [6.45, 7) is 1.41. The fraction of sp³-hybridized carbons (Fsp3) is 0.167. The minimum Gasteiger partial charge on any atom is -0.349 e. The summed E-state index contributed by atoms with van der Waals surface area (Å²) in [6.07, 6.45) is 4.09. The molecule has 0 saturated heterocycles. The van der Waals surface area contributed by atoms with Gasteiger partial charge < -0.3 is 10.2 Å². The zero-order valence-electron chi connectivity index (χ0n) is 13.6. The predicted octanol–water partition coefficient (Wildman–Crippen LogP) is 5.14. The highest BCUT2D eigenvalue weighted by Gasteiger charge is 2.23. The third-order valence-corrected chi connectivity index (χ3v) is 5.26. The van der Waals surface area contributed by atoms with Gasteiger partial charge in [-0.15, -0.1) is 0 Å². The van der Waals surface area contributed by atoms with Crippen molar-refractivity contribution in [2.75, 3.05) is 16.8 Å². The Labute approximate surface area is 166 Å². The van der Waals surface area contributed by atoms with Gasteiger partial charge in [0.15, 0.2) is 0 Å². The van der Waals surface area contributed by atoms with E-state index in [2.05, 4.69) is 25.2 Å². The normalized spacial score (nSPS) is 13.4. The second-order valence-electron chi connectivity index (χ2n) is 5.88. The summed E-state index contributed by atoms with van der Waals surface area (Å²) in [5.41, 5.74) is 2.87. The van der Waals surface area contributed by atoms with Crippen LogP contribution in [-0.4, -0.2) is 21.5 Å².